The van der Waals surface area contributed by atoms with E-state index >= 15 is 0 Å². The van der Waals surface area contributed by atoms with E-state index in [4.69, 9.17) is 0 Å². The second-order valence-electron chi connectivity index (χ2n) is 4.06. The molecule has 1 amide bonds. The highest BCUT2D eigenvalue weighted by Gasteiger charge is 2.31. The molecule has 0 unspecified atom stereocenters. The first-order valence-electron chi connectivity index (χ1n) is 6.05. The minimum absolute atomic E-state index is 0.0936. The van der Waals surface area contributed by atoms with Gasteiger partial charge in [-0.3, -0.25) is 9.69 Å². The Kier molecular flexibility index (Phi) is 4.55. The highest BCUT2D eigenvalue weighted by Crippen LogP contribution is 2.26. The van der Waals surface area contributed by atoms with Crippen LogP contribution in [-0.2, 0) is 4.79 Å². The third-order valence-corrected chi connectivity index (χ3v) is 2.66. The lowest BCUT2D eigenvalue weighted by atomic mass is 10.1. The number of nitrogens with one attached hydrogen (secondary N) is 1. The normalized spacial score (nSPS) is 24.2. The number of guanidine groups is 1. The Morgan fingerprint density at radius 3 is 2.63 bits per heavy atom. The van der Waals surface area contributed by atoms with Crippen LogP contribution in [0.25, 0.3) is 0 Å². The van der Waals surface area contributed by atoms with Gasteiger partial charge in [0.2, 0.25) is 5.96 Å². The molecule has 19 heavy (non-hydrogen) atoms. The molecule has 0 bridgehead atoms. The van der Waals surface area contributed by atoms with Crippen LogP contribution in [0.3, 0.4) is 0 Å². The molecule has 1 aliphatic carbocycles. The lowest BCUT2D eigenvalue weighted by Crippen LogP contribution is -2.32. The summed E-state index contributed by atoms with van der Waals surface area (Å²) in [6.45, 7) is 8.17. The molecule has 1 aliphatic heterocycles. The molecule has 2 fully saturated rings. The maximum absolute atomic E-state index is 12.2. The van der Waals surface area contributed by atoms with Crippen LogP contribution >= 0.6 is 0 Å². The first-order chi connectivity index (χ1) is 9.26. The van der Waals surface area contributed by atoms with Crippen molar-refractivity contribution in [1.29, 1.82) is 0 Å². The van der Waals surface area contributed by atoms with Crippen LogP contribution < -0.4 is 5.32 Å². The molecule has 1 saturated carbocycles. The van der Waals surface area contributed by atoms with Gasteiger partial charge in [-0.05, 0) is 31.8 Å². The van der Waals surface area contributed by atoms with Crippen molar-refractivity contribution in [3.8, 4) is 0 Å². The van der Waals surface area contributed by atoms with Crippen LogP contribution in [0.1, 0.15) is 0 Å². The maximum atomic E-state index is 12.2. The maximum Gasteiger partial charge on any atom is 0.277 e. The van der Waals surface area contributed by atoms with Gasteiger partial charge in [0.15, 0.2) is 0 Å². The van der Waals surface area contributed by atoms with E-state index in [0.29, 0.717) is 24.7 Å². The van der Waals surface area contributed by atoms with E-state index in [0.717, 1.165) is 5.92 Å². The summed E-state index contributed by atoms with van der Waals surface area (Å²) in [5, 5.41) is 3.04. The molecule has 1 saturated heterocycles. The second-order valence-corrected chi connectivity index (χ2v) is 4.06. The molecular weight excluding hydrogens is 238 g/mol. The van der Waals surface area contributed by atoms with Crippen molar-refractivity contribution in [2.45, 2.75) is 0 Å². The molecule has 1 heterocycles. The zero-order valence-corrected chi connectivity index (χ0v) is 10.7. The molecule has 0 aromatic heterocycles. The third-order valence-electron chi connectivity index (χ3n) is 2.66. The number of carbonyl (C=O) groups is 1. The second kappa shape index (κ2) is 6.36. The van der Waals surface area contributed by atoms with Crippen molar-refractivity contribution in [3.05, 3.63) is 68.7 Å². The summed E-state index contributed by atoms with van der Waals surface area (Å²) in [7, 11) is 0. The first-order valence-corrected chi connectivity index (χ1v) is 6.05. The molecule has 0 atom stereocenters. The van der Waals surface area contributed by atoms with Gasteiger partial charge in [0.1, 0.15) is 5.70 Å². The monoisotopic (exact) mass is 254 g/mol. The topological polar surface area (TPSA) is 44.7 Å². The highest BCUT2D eigenvalue weighted by molar-refractivity contribution is 6.13. The highest BCUT2D eigenvalue weighted by atomic mass is 16.2. The minimum atomic E-state index is -0.0936. The van der Waals surface area contributed by atoms with Crippen LogP contribution in [0.4, 0.5) is 0 Å². The predicted molar refractivity (Wildman–Crippen MR) is 76.1 cm³/mol. The van der Waals surface area contributed by atoms with Gasteiger partial charge in [0, 0.05) is 12.5 Å². The number of aliphatic imine (C=N–C) groups is 1. The summed E-state index contributed by atoms with van der Waals surface area (Å²) in [5.41, 5.74) is 0.524. The zero-order chi connectivity index (χ0) is 13.7. The van der Waals surface area contributed by atoms with E-state index in [-0.39, 0.29) is 5.91 Å². The number of hydrogen-bond donors (Lipinski definition) is 1. The van der Waals surface area contributed by atoms with Crippen LogP contribution in [-0.4, -0.2) is 29.9 Å². The fourth-order valence-corrected chi connectivity index (χ4v) is 1.81. The van der Waals surface area contributed by atoms with Crippen LogP contribution in [0.5, 0.6) is 0 Å². The fraction of sp³-hybridized carbons (Fsp3) is 0.133. The molecule has 0 aromatic rings. The third kappa shape index (κ3) is 3.13. The molecular formula is C15H16N3O. The predicted octanol–water partition coefficient (Wildman–Crippen LogP) is 1.44. The van der Waals surface area contributed by atoms with Gasteiger partial charge < -0.3 is 5.32 Å². The van der Waals surface area contributed by atoms with E-state index in [1.807, 2.05) is 31.8 Å². The number of hydrogen-bond acceptors (Lipinski definition) is 2. The lowest BCUT2D eigenvalue weighted by Gasteiger charge is -2.11. The Balaban J connectivity index is 2.16. The van der Waals surface area contributed by atoms with Crippen molar-refractivity contribution >= 4 is 11.9 Å². The molecule has 2 aliphatic rings. The van der Waals surface area contributed by atoms with Crippen molar-refractivity contribution in [3.63, 3.8) is 0 Å². The largest absolute Gasteiger partial charge is 0.321 e. The Labute approximate surface area is 114 Å². The van der Waals surface area contributed by atoms with Gasteiger partial charge >= 0.3 is 0 Å². The van der Waals surface area contributed by atoms with Crippen molar-refractivity contribution in [2.24, 2.45) is 4.99 Å². The molecule has 4 nitrogen and oxygen atoms in total. The first kappa shape index (κ1) is 13.6. The average Bonchev–Trinajstić information content (AvgIpc) is 3.00. The smallest absolute Gasteiger partial charge is 0.277 e. The molecule has 2 rings (SSSR count). The summed E-state index contributed by atoms with van der Waals surface area (Å²) < 4.78 is 0. The van der Waals surface area contributed by atoms with Crippen molar-refractivity contribution in [1.82, 2.24) is 10.2 Å². The Hall–Kier alpha value is -1.84. The van der Waals surface area contributed by atoms with E-state index in [2.05, 4.69) is 23.5 Å². The van der Waals surface area contributed by atoms with Crippen molar-refractivity contribution in [2.75, 3.05) is 13.1 Å². The van der Waals surface area contributed by atoms with Gasteiger partial charge in [-0.15, -0.1) is 13.2 Å². The standard InChI is InChI=1S/C15H16N3O/c1-3-9-16-15-17-13(11-12-7-5-6-8-12)14(19)18(15)10-4-2/h3-8,11H,1-2,9-10H2,(H,16,17)/b13-11-. The van der Waals surface area contributed by atoms with Gasteiger partial charge in [-0.1, -0.05) is 12.2 Å². The number of nitrogens with zero attached hydrogens (tertiary/aromatic N) is 2. The Morgan fingerprint density at radius 2 is 2.00 bits per heavy atom. The number of allylic oxidation sites excluding steroid dienone is 1. The van der Waals surface area contributed by atoms with Gasteiger partial charge in [-0.25, -0.2) is 4.99 Å². The molecule has 0 aromatic carbocycles. The Bertz CT molecular complexity index is 431. The van der Waals surface area contributed by atoms with Crippen LogP contribution in [0.2, 0.25) is 0 Å². The molecule has 0 spiro atoms. The lowest BCUT2D eigenvalue weighted by molar-refractivity contribution is -0.122. The van der Waals surface area contributed by atoms with E-state index in [9.17, 15) is 4.79 Å². The van der Waals surface area contributed by atoms with Crippen LogP contribution in [0.15, 0.2) is 42.1 Å². The van der Waals surface area contributed by atoms with Crippen LogP contribution in [0, 0.1) is 31.6 Å². The quantitative estimate of drug-likeness (QED) is 0.596. The minimum Gasteiger partial charge on any atom is -0.321 e. The van der Waals surface area contributed by atoms with Gasteiger partial charge in [0.25, 0.3) is 5.91 Å². The zero-order valence-electron chi connectivity index (χ0n) is 10.7. The number of rotatable bonds is 5. The van der Waals surface area contributed by atoms with Crippen molar-refractivity contribution < 1.29 is 4.79 Å². The van der Waals surface area contributed by atoms with Gasteiger partial charge in [-0.2, -0.15) is 0 Å². The van der Waals surface area contributed by atoms with Gasteiger partial charge in [0.05, 0.1) is 6.54 Å². The fourth-order valence-electron chi connectivity index (χ4n) is 1.81. The Morgan fingerprint density at radius 1 is 1.26 bits per heavy atom. The summed E-state index contributed by atoms with van der Waals surface area (Å²) in [6, 6.07) is 0. The summed E-state index contributed by atoms with van der Waals surface area (Å²) >= 11 is 0. The van der Waals surface area contributed by atoms with E-state index in [1.165, 1.54) is 0 Å². The van der Waals surface area contributed by atoms with E-state index < -0.39 is 0 Å². The molecule has 4 heteroatoms. The number of carbonyl (C=O) groups excluding carboxylic acids is 1. The summed E-state index contributed by atoms with van der Waals surface area (Å²) in [6.07, 6.45) is 12.9. The summed E-state index contributed by atoms with van der Waals surface area (Å²) in [4.78, 5) is 18.1. The van der Waals surface area contributed by atoms with E-state index in [1.54, 1.807) is 17.1 Å². The average molecular weight is 254 g/mol. The molecule has 97 valence electrons. The molecule has 1 N–H and O–H groups in total. The SMILES string of the molecule is C=CCN=C1N/C(=C\[C]2[CH][CH][CH][CH]2)C(=O)N1CC=C. The summed E-state index contributed by atoms with van der Waals surface area (Å²) in [5.74, 6) is 1.44. The molecule has 5 radical (unpaired) electrons. The number of amides is 1.